The van der Waals surface area contributed by atoms with E-state index in [0.29, 0.717) is 5.69 Å². The van der Waals surface area contributed by atoms with Crippen molar-refractivity contribution < 1.29 is 19.4 Å². The van der Waals surface area contributed by atoms with E-state index in [2.05, 4.69) is 5.32 Å². The predicted molar refractivity (Wildman–Crippen MR) is 87.8 cm³/mol. The molecule has 0 aromatic heterocycles. The Morgan fingerprint density at radius 3 is 2.48 bits per heavy atom. The molecule has 0 unspecified atom stereocenters. The second-order valence-corrected chi connectivity index (χ2v) is 5.50. The van der Waals surface area contributed by atoms with Crippen molar-refractivity contribution in [3.8, 4) is 5.75 Å². The smallest absolute Gasteiger partial charge is 0.342 e. The summed E-state index contributed by atoms with van der Waals surface area (Å²) in [6.07, 6.45) is -1.03. The molecule has 0 aliphatic carbocycles. The van der Waals surface area contributed by atoms with Crippen LogP contribution in [0.3, 0.4) is 0 Å². The number of esters is 1. The summed E-state index contributed by atoms with van der Waals surface area (Å²) in [5.41, 5.74) is 1.58. The first-order valence-electron chi connectivity index (χ1n) is 6.94. The molecule has 23 heavy (non-hydrogen) atoms. The van der Waals surface area contributed by atoms with Crippen LogP contribution >= 0.6 is 11.6 Å². The number of halogens is 1. The molecule has 120 valence electrons. The average molecular weight is 334 g/mol. The highest BCUT2D eigenvalue weighted by Crippen LogP contribution is 2.22. The van der Waals surface area contributed by atoms with E-state index in [1.807, 2.05) is 19.1 Å². The Labute approximate surface area is 138 Å². The lowest BCUT2D eigenvalue weighted by Crippen LogP contribution is -2.30. The molecule has 1 amide bonds. The first kappa shape index (κ1) is 16.8. The fraction of sp³-hybridized carbons (Fsp3) is 0.176. The van der Waals surface area contributed by atoms with Gasteiger partial charge in [0.15, 0.2) is 6.10 Å². The summed E-state index contributed by atoms with van der Waals surface area (Å²) in [6, 6.07) is 11.2. The van der Waals surface area contributed by atoms with E-state index < -0.39 is 18.0 Å². The Morgan fingerprint density at radius 2 is 1.83 bits per heavy atom. The largest absolute Gasteiger partial charge is 0.507 e. The number of ether oxygens (including phenoxy) is 1. The molecule has 0 saturated heterocycles. The minimum atomic E-state index is -1.03. The quantitative estimate of drug-likeness (QED) is 0.839. The molecule has 0 radical (unpaired) electrons. The van der Waals surface area contributed by atoms with Crippen LogP contribution in [-0.4, -0.2) is 23.1 Å². The van der Waals surface area contributed by atoms with Crippen LogP contribution in [0.2, 0.25) is 5.02 Å². The number of carbonyl (C=O) groups is 2. The highest BCUT2D eigenvalue weighted by Gasteiger charge is 2.21. The van der Waals surface area contributed by atoms with Gasteiger partial charge in [0, 0.05) is 10.7 Å². The molecule has 0 saturated carbocycles. The van der Waals surface area contributed by atoms with E-state index in [0.717, 1.165) is 5.56 Å². The molecule has 0 fully saturated rings. The van der Waals surface area contributed by atoms with E-state index >= 15 is 0 Å². The Bertz CT molecular complexity index is 728. The summed E-state index contributed by atoms with van der Waals surface area (Å²) in [5, 5.41) is 12.6. The highest BCUT2D eigenvalue weighted by atomic mass is 35.5. The SMILES string of the molecule is Cc1ccc(NC(=O)[C@H](C)OC(=O)c2cc(Cl)ccc2O)cc1. The fourth-order valence-corrected chi connectivity index (χ4v) is 2.00. The van der Waals surface area contributed by atoms with Crippen molar-refractivity contribution >= 4 is 29.2 Å². The number of aryl methyl sites for hydroxylation is 1. The van der Waals surface area contributed by atoms with Crippen molar-refractivity contribution in [3.05, 3.63) is 58.6 Å². The number of carbonyl (C=O) groups excluding carboxylic acids is 2. The van der Waals surface area contributed by atoms with Gasteiger partial charge in [0.2, 0.25) is 0 Å². The maximum atomic E-state index is 12.0. The minimum Gasteiger partial charge on any atom is -0.507 e. The summed E-state index contributed by atoms with van der Waals surface area (Å²) in [6.45, 7) is 3.39. The summed E-state index contributed by atoms with van der Waals surface area (Å²) >= 11 is 5.78. The zero-order chi connectivity index (χ0) is 17.0. The van der Waals surface area contributed by atoms with Crippen molar-refractivity contribution in [2.75, 3.05) is 5.32 Å². The van der Waals surface area contributed by atoms with Crippen LogP contribution in [0.1, 0.15) is 22.8 Å². The van der Waals surface area contributed by atoms with Crippen LogP contribution in [0.5, 0.6) is 5.75 Å². The van der Waals surface area contributed by atoms with E-state index in [1.54, 1.807) is 12.1 Å². The van der Waals surface area contributed by atoms with E-state index in [-0.39, 0.29) is 16.3 Å². The fourth-order valence-electron chi connectivity index (χ4n) is 1.83. The third-order valence-corrected chi connectivity index (χ3v) is 3.39. The standard InChI is InChI=1S/C17H16ClNO4/c1-10-3-6-13(7-4-10)19-16(21)11(2)23-17(22)14-9-12(18)5-8-15(14)20/h3-9,11,20H,1-2H3,(H,19,21)/t11-/m0/s1. The van der Waals surface area contributed by atoms with E-state index in [9.17, 15) is 14.7 Å². The maximum absolute atomic E-state index is 12.0. The summed E-state index contributed by atoms with van der Waals surface area (Å²) < 4.78 is 5.06. The molecule has 1 atom stereocenters. The lowest BCUT2D eigenvalue weighted by atomic mass is 10.2. The Hall–Kier alpha value is -2.53. The Morgan fingerprint density at radius 1 is 1.17 bits per heavy atom. The lowest BCUT2D eigenvalue weighted by Gasteiger charge is -2.14. The highest BCUT2D eigenvalue weighted by molar-refractivity contribution is 6.31. The molecule has 0 spiro atoms. The molecule has 0 aliphatic heterocycles. The normalized spacial score (nSPS) is 11.6. The molecule has 0 bridgehead atoms. The van der Waals surface area contributed by atoms with Crippen molar-refractivity contribution in [2.45, 2.75) is 20.0 Å². The average Bonchev–Trinajstić information content (AvgIpc) is 2.51. The Kier molecular flexibility index (Phi) is 5.24. The van der Waals surface area contributed by atoms with Crippen LogP contribution in [0.25, 0.3) is 0 Å². The number of hydrogen-bond acceptors (Lipinski definition) is 4. The molecule has 5 nitrogen and oxygen atoms in total. The van der Waals surface area contributed by atoms with Gasteiger partial charge in [-0.1, -0.05) is 29.3 Å². The molecule has 2 N–H and O–H groups in total. The van der Waals surface area contributed by atoms with Crippen LogP contribution in [0.4, 0.5) is 5.69 Å². The zero-order valence-electron chi connectivity index (χ0n) is 12.7. The number of phenols is 1. The van der Waals surface area contributed by atoms with Crippen molar-refractivity contribution in [1.29, 1.82) is 0 Å². The van der Waals surface area contributed by atoms with Crippen LogP contribution in [0, 0.1) is 6.92 Å². The Balaban J connectivity index is 2.01. The number of amides is 1. The van der Waals surface area contributed by atoms with Gasteiger partial charge in [-0.3, -0.25) is 4.79 Å². The third-order valence-electron chi connectivity index (χ3n) is 3.15. The van der Waals surface area contributed by atoms with Gasteiger partial charge in [-0.2, -0.15) is 0 Å². The van der Waals surface area contributed by atoms with Crippen LogP contribution in [0.15, 0.2) is 42.5 Å². The van der Waals surface area contributed by atoms with Crippen molar-refractivity contribution in [1.82, 2.24) is 0 Å². The first-order chi connectivity index (χ1) is 10.9. The monoisotopic (exact) mass is 333 g/mol. The third kappa shape index (κ3) is 4.47. The second-order valence-electron chi connectivity index (χ2n) is 5.06. The molecular formula is C17H16ClNO4. The van der Waals surface area contributed by atoms with Crippen molar-refractivity contribution in [3.63, 3.8) is 0 Å². The molecule has 0 heterocycles. The molecule has 2 rings (SSSR count). The number of aromatic hydroxyl groups is 1. The van der Waals surface area contributed by atoms with Gasteiger partial charge >= 0.3 is 5.97 Å². The van der Waals surface area contributed by atoms with Gasteiger partial charge in [-0.05, 0) is 44.2 Å². The van der Waals surface area contributed by atoms with Gasteiger partial charge in [0.25, 0.3) is 5.91 Å². The molecule has 0 aliphatic rings. The molecule has 2 aromatic rings. The molecular weight excluding hydrogens is 318 g/mol. The van der Waals surface area contributed by atoms with Gasteiger partial charge < -0.3 is 15.2 Å². The van der Waals surface area contributed by atoms with Gasteiger partial charge in [-0.25, -0.2) is 4.79 Å². The lowest BCUT2D eigenvalue weighted by molar-refractivity contribution is -0.123. The van der Waals surface area contributed by atoms with Gasteiger partial charge in [0.05, 0.1) is 0 Å². The molecule has 2 aromatic carbocycles. The number of phenolic OH excluding ortho intramolecular Hbond substituents is 1. The first-order valence-corrected chi connectivity index (χ1v) is 7.31. The number of benzene rings is 2. The van der Waals surface area contributed by atoms with Crippen LogP contribution < -0.4 is 5.32 Å². The number of nitrogens with one attached hydrogen (secondary N) is 1. The number of hydrogen-bond donors (Lipinski definition) is 2. The second kappa shape index (κ2) is 7.15. The van der Waals surface area contributed by atoms with E-state index in [1.165, 1.54) is 25.1 Å². The summed E-state index contributed by atoms with van der Waals surface area (Å²) in [5.74, 6) is -1.55. The number of anilines is 1. The zero-order valence-corrected chi connectivity index (χ0v) is 13.4. The van der Waals surface area contributed by atoms with E-state index in [4.69, 9.17) is 16.3 Å². The molecule has 6 heteroatoms. The summed E-state index contributed by atoms with van der Waals surface area (Å²) in [4.78, 5) is 24.0. The van der Waals surface area contributed by atoms with Crippen LogP contribution in [-0.2, 0) is 9.53 Å². The maximum Gasteiger partial charge on any atom is 0.342 e. The van der Waals surface area contributed by atoms with Gasteiger partial charge in [-0.15, -0.1) is 0 Å². The predicted octanol–water partition coefficient (Wildman–Crippen LogP) is 3.54. The van der Waals surface area contributed by atoms with Gasteiger partial charge in [0.1, 0.15) is 11.3 Å². The number of rotatable bonds is 4. The minimum absolute atomic E-state index is 0.0903. The van der Waals surface area contributed by atoms with Crippen molar-refractivity contribution in [2.24, 2.45) is 0 Å². The summed E-state index contributed by atoms with van der Waals surface area (Å²) in [7, 11) is 0. The topological polar surface area (TPSA) is 75.6 Å².